The molecule has 0 spiro atoms. The molecule has 1 fully saturated rings. The molecular weight excluding hydrogens is 98.9 g/mol. The molecule has 1 saturated heterocycles. The molecule has 0 bridgehead atoms. The highest BCUT2D eigenvalue weighted by Crippen LogP contribution is 2.11. The predicted molar refractivity (Wildman–Crippen MR) is 37.0 cm³/mol. The largest absolute Gasteiger partial charge is 0.303 e. The Balaban J connectivity index is 2.22. The maximum atomic E-state index is 3.13. The van der Waals surface area contributed by atoms with Crippen LogP contribution in [0, 0.1) is 5.92 Å². The Hall–Kier alpha value is -0.0151. The number of nitrogens with one attached hydrogen (secondary N) is 1. The molecule has 1 atom stereocenters. The van der Waals surface area contributed by atoms with E-state index >= 15 is 0 Å². The van der Waals surface area contributed by atoms with E-state index in [0.29, 0.717) is 0 Å². The fourth-order valence-electron chi connectivity index (χ4n) is 1.14. The fraction of sp³-hybridized carbons (Fsp3) is 1.00. The van der Waals surface area contributed by atoms with Crippen LogP contribution in [0.3, 0.4) is 0 Å². The highest BCUT2D eigenvalue weighted by atomic mass is 15.5. The lowest BCUT2D eigenvalue weighted by molar-refractivity contribution is 0.298. The minimum Gasteiger partial charge on any atom is -0.303 e. The van der Waals surface area contributed by atoms with Gasteiger partial charge in [-0.15, -0.1) is 0 Å². The topological polar surface area (TPSA) is 15.3 Å². The molecule has 0 aliphatic carbocycles. The van der Waals surface area contributed by atoms with Crippen LogP contribution in [0.25, 0.3) is 0 Å². The van der Waals surface area contributed by atoms with Crippen molar-refractivity contribution in [2.24, 2.45) is 5.92 Å². The lowest BCUT2D eigenvalue weighted by Gasteiger charge is -2.12. The first-order chi connectivity index (χ1) is 3.83. The third-order valence-electron chi connectivity index (χ3n) is 1.74. The molecule has 8 heavy (non-hydrogen) atoms. The second-order valence-electron chi connectivity index (χ2n) is 2.56. The highest BCUT2D eigenvalue weighted by Gasteiger charge is 2.15. The van der Waals surface area contributed by atoms with Crippen LogP contribution >= 0.6 is 0 Å². The molecule has 0 amide bonds. The number of hydrogen-bond acceptors (Lipinski definition) is 2. The second-order valence-corrected chi connectivity index (χ2v) is 2.56. The van der Waals surface area contributed by atoms with Crippen LogP contribution in [0.4, 0.5) is 0 Å². The monoisotopic (exact) mass is 112 g/mol. The van der Waals surface area contributed by atoms with Crippen molar-refractivity contribution in [2.45, 2.75) is 13.3 Å². The summed E-state index contributed by atoms with van der Waals surface area (Å²) in [5.74, 6) is 0.891. The van der Waals surface area contributed by atoms with E-state index in [9.17, 15) is 0 Å². The smallest absolute Gasteiger partial charge is 0.201 e. The second kappa shape index (κ2) is 2.51. The van der Waals surface area contributed by atoms with Crippen molar-refractivity contribution < 1.29 is 0 Å². The maximum absolute atomic E-state index is 3.13. The summed E-state index contributed by atoms with van der Waals surface area (Å²) in [5.41, 5.74) is 0. The molecule has 1 unspecified atom stereocenters. The Morgan fingerprint density at radius 1 is 1.75 bits per heavy atom. The van der Waals surface area contributed by atoms with E-state index in [4.69, 9.17) is 0 Å². The van der Waals surface area contributed by atoms with Gasteiger partial charge < -0.3 is 5.34 Å². The normalized spacial score (nSPS) is 31.4. The van der Waals surface area contributed by atoms with Gasteiger partial charge in [-0.05, 0) is 12.3 Å². The van der Waals surface area contributed by atoms with Crippen molar-refractivity contribution >= 4 is 7.98 Å². The van der Waals surface area contributed by atoms with Crippen molar-refractivity contribution in [3.63, 3.8) is 0 Å². The molecule has 1 heterocycles. The lowest BCUT2D eigenvalue weighted by Crippen LogP contribution is -2.33. The van der Waals surface area contributed by atoms with Crippen molar-refractivity contribution in [3.8, 4) is 0 Å². The Morgan fingerprint density at radius 3 is 2.75 bits per heavy atom. The van der Waals surface area contributed by atoms with Gasteiger partial charge in [0.2, 0.25) is 7.98 Å². The Bertz CT molecular complexity index is 76.8. The summed E-state index contributed by atoms with van der Waals surface area (Å²) < 4.78 is 0. The summed E-state index contributed by atoms with van der Waals surface area (Å²) in [4.78, 5) is 0. The summed E-state index contributed by atoms with van der Waals surface area (Å²) in [6.45, 7) is 4.73. The van der Waals surface area contributed by atoms with E-state index in [1.807, 2.05) is 7.98 Å². The van der Waals surface area contributed by atoms with Gasteiger partial charge in [0.15, 0.2) is 0 Å². The van der Waals surface area contributed by atoms with Crippen LogP contribution in [0.15, 0.2) is 0 Å². The number of rotatable bonds is 1. The van der Waals surface area contributed by atoms with Crippen LogP contribution in [-0.4, -0.2) is 26.1 Å². The molecule has 1 N–H and O–H groups in total. The summed E-state index contributed by atoms with van der Waals surface area (Å²) in [7, 11) is 1.98. The quantitative estimate of drug-likeness (QED) is 0.455. The van der Waals surface area contributed by atoms with Gasteiger partial charge in [0.05, 0.1) is 0 Å². The standard InChI is InChI=1S/C5H13BN2/c1-5-2-3-8(4-5)7-6/h5,7H,2-4,6H2,1H3. The molecule has 0 saturated carbocycles. The van der Waals surface area contributed by atoms with Gasteiger partial charge in [-0.25, -0.2) is 0 Å². The molecule has 46 valence electrons. The Morgan fingerprint density at radius 2 is 2.50 bits per heavy atom. The molecule has 0 radical (unpaired) electrons. The van der Waals surface area contributed by atoms with E-state index in [-0.39, 0.29) is 0 Å². The van der Waals surface area contributed by atoms with Crippen molar-refractivity contribution in [3.05, 3.63) is 0 Å². The summed E-state index contributed by atoms with van der Waals surface area (Å²) in [5, 5.41) is 5.38. The zero-order chi connectivity index (χ0) is 5.98. The lowest BCUT2D eigenvalue weighted by atomic mass is 10.2. The van der Waals surface area contributed by atoms with Gasteiger partial charge >= 0.3 is 0 Å². The number of hydrazine groups is 1. The van der Waals surface area contributed by atoms with Crippen LogP contribution < -0.4 is 5.34 Å². The average molecular weight is 112 g/mol. The van der Waals surface area contributed by atoms with Gasteiger partial charge in [-0.3, -0.25) is 5.01 Å². The predicted octanol–water partition coefficient (Wildman–Crippen LogP) is -0.619. The molecule has 0 aromatic rings. The zero-order valence-electron chi connectivity index (χ0n) is 5.65. The molecule has 3 heteroatoms. The van der Waals surface area contributed by atoms with E-state index in [1.165, 1.54) is 19.5 Å². The van der Waals surface area contributed by atoms with Crippen molar-refractivity contribution in [1.29, 1.82) is 0 Å². The average Bonchev–Trinajstić information content (AvgIpc) is 2.14. The first-order valence-electron chi connectivity index (χ1n) is 3.25. The zero-order valence-corrected chi connectivity index (χ0v) is 5.65. The Kier molecular flexibility index (Phi) is 1.92. The van der Waals surface area contributed by atoms with Gasteiger partial charge in [-0.2, -0.15) is 0 Å². The van der Waals surface area contributed by atoms with Gasteiger partial charge in [-0.1, -0.05) is 6.92 Å². The molecule has 1 aliphatic heterocycles. The minimum atomic E-state index is 0.891. The molecule has 0 aromatic carbocycles. The highest BCUT2D eigenvalue weighted by molar-refractivity contribution is 6.03. The van der Waals surface area contributed by atoms with E-state index < -0.39 is 0 Å². The SMILES string of the molecule is BNN1CCC(C)C1. The van der Waals surface area contributed by atoms with Gasteiger partial charge in [0.25, 0.3) is 0 Å². The van der Waals surface area contributed by atoms with Crippen molar-refractivity contribution in [1.82, 2.24) is 10.3 Å². The number of hydrogen-bond donors (Lipinski definition) is 1. The van der Waals surface area contributed by atoms with Crippen LogP contribution in [0.1, 0.15) is 13.3 Å². The van der Waals surface area contributed by atoms with Crippen LogP contribution in [0.5, 0.6) is 0 Å². The third-order valence-corrected chi connectivity index (χ3v) is 1.74. The molecular formula is C5H13BN2. The summed E-state index contributed by atoms with van der Waals surface area (Å²) in [6.07, 6.45) is 1.35. The maximum Gasteiger partial charge on any atom is 0.201 e. The van der Waals surface area contributed by atoms with E-state index in [0.717, 1.165) is 5.92 Å². The third kappa shape index (κ3) is 1.23. The first-order valence-corrected chi connectivity index (χ1v) is 3.25. The van der Waals surface area contributed by atoms with Gasteiger partial charge in [0, 0.05) is 13.1 Å². The molecule has 1 aliphatic rings. The van der Waals surface area contributed by atoms with Crippen LogP contribution in [-0.2, 0) is 0 Å². The van der Waals surface area contributed by atoms with E-state index in [1.54, 1.807) is 0 Å². The van der Waals surface area contributed by atoms with E-state index in [2.05, 4.69) is 17.3 Å². The number of nitrogens with zero attached hydrogens (tertiary/aromatic N) is 1. The Labute approximate surface area is 51.6 Å². The molecule has 1 rings (SSSR count). The summed E-state index contributed by atoms with van der Waals surface area (Å²) >= 11 is 0. The fourth-order valence-corrected chi connectivity index (χ4v) is 1.14. The first kappa shape index (κ1) is 6.11. The molecule has 0 aromatic heterocycles. The van der Waals surface area contributed by atoms with Gasteiger partial charge in [0.1, 0.15) is 0 Å². The minimum absolute atomic E-state index is 0.891. The van der Waals surface area contributed by atoms with Crippen molar-refractivity contribution in [2.75, 3.05) is 13.1 Å². The molecule has 2 nitrogen and oxygen atoms in total. The van der Waals surface area contributed by atoms with Crippen LogP contribution in [0.2, 0.25) is 0 Å². The summed E-state index contributed by atoms with van der Waals surface area (Å²) in [6, 6.07) is 0.